The van der Waals surface area contributed by atoms with Crippen LogP contribution in [-0.2, 0) is 4.79 Å². The first-order valence-electron chi connectivity index (χ1n) is 9.42. The van der Waals surface area contributed by atoms with Crippen molar-refractivity contribution in [1.29, 1.82) is 0 Å². The normalized spacial score (nSPS) is 10.8. The molecule has 0 heterocycles. The number of unbranched alkanes of at least 4 members (excludes halogenated alkanes) is 10. The highest BCUT2D eigenvalue weighted by atomic mass is 35.5. The number of thiol groups is 1. The summed E-state index contributed by atoms with van der Waals surface area (Å²) in [4.78, 5) is 12.6. The van der Waals surface area contributed by atoms with Gasteiger partial charge in [-0.05, 0) is 24.6 Å². The van der Waals surface area contributed by atoms with E-state index in [0.717, 1.165) is 23.4 Å². The predicted molar refractivity (Wildman–Crippen MR) is 108 cm³/mol. The topological polar surface area (TPSA) is 29.1 Å². The highest BCUT2D eigenvalue weighted by molar-refractivity contribution is 7.80. The number of carbonyl (C=O) groups excluding carboxylic acids is 1. The van der Waals surface area contributed by atoms with E-state index in [1.165, 1.54) is 57.8 Å². The third-order valence-electron chi connectivity index (χ3n) is 4.24. The van der Waals surface area contributed by atoms with Crippen molar-refractivity contribution in [2.75, 3.05) is 5.32 Å². The second-order valence-electron chi connectivity index (χ2n) is 6.50. The van der Waals surface area contributed by atoms with Crippen molar-refractivity contribution in [3.8, 4) is 0 Å². The molecule has 0 unspecified atom stereocenters. The summed E-state index contributed by atoms with van der Waals surface area (Å²) in [5.41, 5.74) is 0.742. The molecule has 1 rings (SSSR count). The Morgan fingerprint density at radius 2 is 1.50 bits per heavy atom. The van der Waals surface area contributed by atoms with Crippen LogP contribution in [0, 0.1) is 0 Å². The lowest BCUT2D eigenvalue weighted by atomic mass is 10.1. The quantitative estimate of drug-likeness (QED) is 0.278. The molecule has 1 aromatic rings. The van der Waals surface area contributed by atoms with E-state index in [2.05, 4.69) is 24.9 Å². The number of halogens is 1. The van der Waals surface area contributed by atoms with Crippen LogP contribution >= 0.6 is 24.2 Å². The van der Waals surface area contributed by atoms with E-state index in [4.69, 9.17) is 11.6 Å². The van der Waals surface area contributed by atoms with Gasteiger partial charge >= 0.3 is 0 Å². The van der Waals surface area contributed by atoms with E-state index in [9.17, 15) is 4.79 Å². The molecule has 0 aliphatic carbocycles. The fraction of sp³-hybridized carbons (Fsp3) is 0.650. The zero-order valence-electron chi connectivity index (χ0n) is 15.0. The number of benzene rings is 1. The summed E-state index contributed by atoms with van der Waals surface area (Å²) in [5.74, 6) is 0.0638. The number of amides is 1. The smallest absolute Gasteiger partial charge is 0.224 e. The Balaban J connectivity index is 1.97. The van der Waals surface area contributed by atoms with Crippen LogP contribution in [-0.4, -0.2) is 5.91 Å². The van der Waals surface area contributed by atoms with Gasteiger partial charge in [-0.25, -0.2) is 0 Å². The first-order chi connectivity index (χ1) is 11.6. The molecule has 0 saturated carbocycles. The van der Waals surface area contributed by atoms with Crippen LogP contribution in [0.4, 0.5) is 5.69 Å². The third kappa shape index (κ3) is 10.2. The van der Waals surface area contributed by atoms with Gasteiger partial charge in [0.15, 0.2) is 0 Å². The van der Waals surface area contributed by atoms with Gasteiger partial charge in [0.25, 0.3) is 0 Å². The molecular weight excluding hydrogens is 338 g/mol. The highest BCUT2D eigenvalue weighted by Gasteiger charge is 2.04. The maximum Gasteiger partial charge on any atom is 0.224 e. The molecule has 1 amide bonds. The molecule has 0 fully saturated rings. The van der Waals surface area contributed by atoms with E-state index < -0.39 is 0 Å². The number of rotatable bonds is 13. The summed E-state index contributed by atoms with van der Waals surface area (Å²) in [6.45, 7) is 2.26. The number of hydrogen-bond donors (Lipinski definition) is 2. The monoisotopic (exact) mass is 369 g/mol. The standard InChI is InChI=1S/C20H32ClNOS/c1-2-3-4-5-6-7-8-9-10-11-12-13-20(23)22-17-14-15-19(24)18(21)16-17/h14-16,24H,2-13H2,1H3,(H,22,23). The molecule has 0 aliphatic rings. The lowest BCUT2D eigenvalue weighted by Crippen LogP contribution is -2.10. The minimum Gasteiger partial charge on any atom is -0.326 e. The van der Waals surface area contributed by atoms with Crippen LogP contribution in [0.2, 0.25) is 5.02 Å². The minimum absolute atomic E-state index is 0.0638. The second-order valence-corrected chi connectivity index (χ2v) is 7.39. The zero-order chi connectivity index (χ0) is 17.6. The molecule has 4 heteroatoms. The zero-order valence-corrected chi connectivity index (χ0v) is 16.6. The summed E-state index contributed by atoms with van der Waals surface area (Å²) >= 11 is 10.2. The van der Waals surface area contributed by atoms with Crippen molar-refractivity contribution < 1.29 is 4.79 Å². The van der Waals surface area contributed by atoms with Crippen LogP contribution < -0.4 is 5.32 Å². The molecule has 136 valence electrons. The molecule has 1 aromatic carbocycles. The second kappa shape index (κ2) is 13.6. The average Bonchev–Trinajstić information content (AvgIpc) is 2.56. The largest absolute Gasteiger partial charge is 0.326 e. The van der Waals surface area contributed by atoms with Gasteiger partial charge in [-0.2, -0.15) is 0 Å². The Bertz CT molecular complexity index is 479. The average molecular weight is 370 g/mol. The van der Waals surface area contributed by atoms with E-state index in [1.54, 1.807) is 12.1 Å². The Hall–Kier alpha value is -0.670. The fourth-order valence-corrected chi connectivity index (χ4v) is 3.08. The Labute approximate surface area is 158 Å². The molecule has 0 atom stereocenters. The molecule has 0 aliphatic heterocycles. The maximum absolute atomic E-state index is 11.9. The molecule has 24 heavy (non-hydrogen) atoms. The van der Waals surface area contributed by atoms with Gasteiger partial charge in [-0.15, -0.1) is 12.6 Å². The number of nitrogens with one attached hydrogen (secondary N) is 1. The van der Waals surface area contributed by atoms with E-state index in [0.29, 0.717) is 11.4 Å². The Kier molecular flexibility index (Phi) is 12.1. The van der Waals surface area contributed by atoms with Crippen LogP contribution in [0.1, 0.15) is 84.0 Å². The Morgan fingerprint density at radius 1 is 0.958 bits per heavy atom. The van der Waals surface area contributed by atoms with Crippen molar-refractivity contribution >= 4 is 35.8 Å². The van der Waals surface area contributed by atoms with E-state index >= 15 is 0 Å². The molecule has 1 N–H and O–H groups in total. The number of carbonyl (C=O) groups is 1. The van der Waals surface area contributed by atoms with Crippen molar-refractivity contribution in [3.63, 3.8) is 0 Å². The molecule has 0 spiro atoms. The molecule has 0 aromatic heterocycles. The minimum atomic E-state index is 0.0638. The molecule has 0 radical (unpaired) electrons. The van der Waals surface area contributed by atoms with Crippen LogP contribution in [0.15, 0.2) is 23.1 Å². The van der Waals surface area contributed by atoms with Crippen molar-refractivity contribution in [3.05, 3.63) is 23.2 Å². The summed E-state index contributed by atoms with van der Waals surface area (Å²) in [5, 5.41) is 3.45. The lowest BCUT2D eigenvalue weighted by Gasteiger charge is -2.07. The van der Waals surface area contributed by atoms with Gasteiger partial charge in [0, 0.05) is 17.0 Å². The fourth-order valence-electron chi connectivity index (χ4n) is 2.76. The molecule has 0 saturated heterocycles. The van der Waals surface area contributed by atoms with Crippen LogP contribution in [0.5, 0.6) is 0 Å². The van der Waals surface area contributed by atoms with Crippen molar-refractivity contribution in [1.82, 2.24) is 0 Å². The van der Waals surface area contributed by atoms with Gasteiger partial charge in [0.2, 0.25) is 5.91 Å². The van der Waals surface area contributed by atoms with Gasteiger partial charge < -0.3 is 5.32 Å². The molecule has 2 nitrogen and oxygen atoms in total. The van der Waals surface area contributed by atoms with Crippen LogP contribution in [0.3, 0.4) is 0 Å². The number of hydrogen-bond acceptors (Lipinski definition) is 2. The summed E-state index contributed by atoms with van der Waals surface area (Å²) in [7, 11) is 0. The van der Waals surface area contributed by atoms with Crippen molar-refractivity contribution in [2.24, 2.45) is 0 Å². The maximum atomic E-state index is 11.9. The highest BCUT2D eigenvalue weighted by Crippen LogP contribution is 2.23. The van der Waals surface area contributed by atoms with Gasteiger partial charge in [0.05, 0.1) is 5.02 Å². The predicted octanol–water partition coefficient (Wildman–Crippen LogP) is 7.27. The van der Waals surface area contributed by atoms with E-state index in [-0.39, 0.29) is 5.91 Å². The van der Waals surface area contributed by atoms with Crippen molar-refractivity contribution in [2.45, 2.75) is 88.9 Å². The van der Waals surface area contributed by atoms with Gasteiger partial charge in [0.1, 0.15) is 0 Å². The number of anilines is 1. The molecule has 0 bridgehead atoms. The first kappa shape index (κ1) is 21.4. The van der Waals surface area contributed by atoms with Gasteiger partial charge in [-0.3, -0.25) is 4.79 Å². The van der Waals surface area contributed by atoms with E-state index in [1.807, 2.05) is 6.07 Å². The lowest BCUT2D eigenvalue weighted by molar-refractivity contribution is -0.116. The first-order valence-corrected chi connectivity index (χ1v) is 10.2. The summed E-state index contributed by atoms with van der Waals surface area (Å²) in [6, 6.07) is 5.36. The SMILES string of the molecule is CCCCCCCCCCCCCC(=O)Nc1ccc(S)c(Cl)c1. The van der Waals surface area contributed by atoms with Crippen LogP contribution in [0.25, 0.3) is 0 Å². The molecular formula is C20H32ClNOS. The van der Waals surface area contributed by atoms with Gasteiger partial charge in [-0.1, -0.05) is 82.7 Å². The Morgan fingerprint density at radius 3 is 2.04 bits per heavy atom. The third-order valence-corrected chi connectivity index (χ3v) is 5.07. The summed E-state index contributed by atoms with van der Waals surface area (Å²) in [6.07, 6.45) is 14.8. The summed E-state index contributed by atoms with van der Waals surface area (Å²) < 4.78 is 0.